The van der Waals surface area contributed by atoms with Gasteiger partial charge in [0.05, 0.1) is 10.6 Å². The molecule has 126 valence electrons. The Morgan fingerprint density at radius 3 is 2.21 bits per heavy atom. The summed E-state index contributed by atoms with van der Waals surface area (Å²) in [5, 5.41) is 0. The minimum absolute atomic E-state index is 0.0407. The summed E-state index contributed by atoms with van der Waals surface area (Å²) in [6.07, 6.45) is 2.25. The van der Waals surface area contributed by atoms with Crippen LogP contribution in [0.4, 0.5) is 4.39 Å². The van der Waals surface area contributed by atoms with Crippen LogP contribution >= 0.6 is 0 Å². The summed E-state index contributed by atoms with van der Waals surface area (Å²) in [5.41, 5.74) is 1.10. The summed E-state index contributed by atoms with van der Waals surface area (Å²) < 4.78 is 38.9. The topological polar surface area (TPSA) is 51.2 Å². The van der Waals surface area contributed by atoms with Gasteiger partial charge in [0.1, 0.15) is 11.6 Å². The van der Waals surface area contributed by atoms with E-state index in [9.17, 15) is 17.6 Å². The minimum atomic E-state index is -3.39. The highest BCUT2D eigenvalue weighted by atomic mass is 32.2. The van der Waals surface area contributed by atoms with Crippen LogP contribution in [0.2, 0.25) is 0 Å². The van der Waals surface area contributed by atoms with Crippen LogP contribution in [0.5, 0.6) is 0 Å². The molecule has 0 N–H and O–H groups in total. The Balaban J connectivity index is 1.77. The van der Waals surface area contributed by atoms with Crippen molar-refractivity contribution in [3.63, 3.8) is 0 Å². The Kier molecular flexibility index (Phi) is 4.81. The standard InChI is InChI=1S/C19H19FO3S/c20-19-4-2-1-3-18(19)15-7-11-17(12-8-15)24(22,23)13-14-5-9-16(21)10-6-14/h1-4,7-8,11-12,14H,5-6,9-10,13H2. The molecular formula is C19H19FO3S. The molecule has 0 unspecified atom stereocenters. The normalized spacial score (nSPS) is 16.3. The van der Waals surface area contributed by atoms with Crippen molar-refractivity contribution in [2.75, 3.05) is 5.75 Å². The second-order valence-corrected chi connectivity index (χ2v) is 8.30. The predicted molar refractivity (Wildman–Crippen MR) is 90.9 cm³/mol. The largest absolute Gasteiger partial charge is 0.300 e. The maximum atomic E-state index is 13.8. The van der Waals surface area contributed by atoms with Crippen LogP contribution in [-0.2, 0) is 14.6 Å². The molecule has 0 aliphatic heterocycles. The fourth-order valence-electron chi connectivity index (χ4n) is 3.11. The van der Waals surface area contributed by atoms with Crippen molar-refractivity contribution in [1.29, 1.82) is 0 Å². The number of rotatable bonds is 4. The number of Topliss-reactive ketones (excluding diaryl/α,β-unsaturated/α-hetero) is 1. The van der Waals surface area contributed by atoms with E-state index in [1.807, 2.05) is 0 Å². The lowest BCUT2D eigenvalue weighted by molar-refractivity contribution is -0.120. The van der Waals surface area contributed by atoms with Crippen molar-refractivity contribution in [3.8, 4) is 11.1 Å². The first-order chi connectivity index (χ1) is 11.5. The predicted octanol–water partition coefficient (Wildman–Crippen LogP) is 4.03. The van der Waals surface area contributed by atoms with E-state index in [1.165, 1.54) is 18.2 Å². The lowest BCUT2D eigenvalue weighted by Gasteiger charge is -2.20. The van der Waals surface area contributed by atoms with Gasteiger partial charge in [0.15, 0.2) is 9.84 Å². The Morgan fingerprint density at radius 2 is 1.58 bits per heavy atom. The molecule has 1 aliphatic rings. The second-order valence-electron chi connectivity index (χ2n) is 6.27. The number of sulfone groups is 1. The van der Waals surface area contributed by atoms with Gasteiger partial charge in [-0.05, 0) is 42.5 Å². The van der Waals surface area contributed by atoms with E-state index in [0.29, 0.717) is 36.8 Å². The lowest BCUT2D eigenvalue weighted by atomic mass is 9.90. The summed E-state index contributed by atoms with van der Waals surface area (Å²) in [6.45, 7) is 0. The van der Waals surface area contributed by atoms with Crippen LogP contribution in [0.15, 0.2) is 53.4 Å². The quantitative estimate of drug-likeness (QED) is 0.840. The molecule has 0 heterocycles. The van der Waals surface area contributed by atoms with Crippen LogP contribution in [0, 0.1) is 11.7 Å². The maximum absolute atomic E-state index is 13.8. The van der Waals surface area contributed by atoms with E-state index in [-0.39, 0.29) is 28.2 Å². The van der Waals surface area contributed by atoms with Gasteiger partial charge in [-0.1, -0.05) is 30.3 Å². The minimum Gasteiger partial charge on any atom is -0.300 e. The zero-order valence-corrected chi connectivity index (χ0v) is 14.1. The Morgan fingerprint density at radius 1 is 0.958 bits per heavy atom. The number of halogens is 1. The van der Waals surface area contributed by atoms with Crippen molar-refractivity contribution < 1.29 is 17.6 Å². The number of hydrogen-bond acceptors (Lipinski definition) is 3. The summed E-state index contributed by atoms with van der Waals surface area (Å²) >= 11 is 0. The third-order valence-electron chi connectivity index (χ3n) is 4.52. The molecule has 24 heavy (non-hydrogen) atoms. The van der Waals surface area contributed by atoms with Crippen LogP contribution in [0.1, 0.15) is 25.7 Å². The van der Waals surface area contributed by atoms with Crippen molar-refractivity contribution in [3.05, 3.63) is 54.3 Å². The zero-order valence-electron chi connectivity index (χ0n) is 13.2. The first kappa shape index (κ1) is 16.8. The molecule has 2 aromatic carbocycles. The lowest BCUT2D eigenvalue weighted by Crippen LogP contribution is -2.22. The molecular weight excluding hydrogens is 327 g/mol. The van der Waals surface area contributed by atoms with Crippen LogP contribution < -0.4 is 0 Å². The summed E-state index contributed by atoms with van der Waals surface area (Å²) in [6, 6.07) is 12.7. The van der Waals surface area contributed by atoms with Crippen LogP contribution in [-0.4, -0.2) is 20.0 Å². The third-order valence-corrected chi connectivity index (χ3v) is 6.42. The second kappa shape index (κ2) is 6.85. The zero-order chi connectivity index (χ0) is 17.2. The molecule has 1 saturated carbocycles. The summed E-state index contributed by atoms with van der Waals surface area (Å²) in [4.78, 5) is 11.5. The van der Waals surface area contributed by atoms with Gasteiger partial charge in [0.2, 0.25) is 0 Å². The molecule has 0 spiro atoms. The van der Waals surface area contributed by atoms with Crippen LogP contribution in [0.3, 0.4) is 0 Å². The smallest absolute Gasteiger partial charge is 0.178 e. The third kappa shape index (κ3) is 3.73. The molecule has 0 amide bonds. The number of ketones is 1. The van der Waals surface area contributed by atoms with E-state index < -0.39 is 9.84 Å². The molecule has 3 nitrogen and oxygen atoms in total. The van der Waals surface area contributed by atoms with Gasteiger partial charge in [0, 0.05) is 18.4 Å². The highest BCUT2D eigenvalue weighted by Crippen LogP contribution is 2.27. The van der Waals surface area contributed by atoms with Gasteiger partial charge in [-0.15, -0.1) is 0 Å². The first-order valence-electron chi connectivity index (χ1n) is 8.05. The van der Waals surface area contributed by atoms with E-state index in [1.54, 1.807) is 30.3 Å². The molecule has 0 atom stereocenters. The summed E-state index contributed by atoms with van der Waals surface area (Å²) in [7, 11) is -3.39. The van der Waals surface area contributed by atoms with Gasteiger partial charge in [0.25, 0.3) is 0 Å². The number of carbonyl (C=O) groups is 1. The average Bonchev–Trinajstić information content (AvgIpc) is 2.57. The fraction of sp³-hybridized carbons (Fsp3) is 0.316. The molecule has 1 fully saturated rings. The highest BCUT2D eigenvalue weighted by molar-refractivity contribution is 7.91. The van der Waals surface area contributed by atoms with Gasteiger partial charge in [-0.25, -0.2) is 12.8 Å². The molecule has 1 aliphatic carbocycles. The molecule has 0 saturated heterocycles. The maximum Gasteiger partial charge on any atom is 0.178 e. The monoisotopic (exact) mass is 346 g/mol. The Bertz CT molecular complexity index is 831. The van der Waals surface area contributed by atoms with Crippen molar-refractivity contribution in [2.24, 2.45) is 5.92 Å². The first-order valence-corrected chi connectivity index (χ1v) is 9.70. The van der Waals surface area contributed by atoms with Crippen molar-refractivity contribution >= 4 is 15.6 Å². The number of carbonyl (C=O) groups excluding carboxylic acids is 1. The average molecular weight is 346 g/mol. The van der Waals surface area contributed by atoms with E-state index in [2.05, 4.69) is 0 Å². The molecule has 0 aromatic heterocycles. The Labute approximate surface area is 141 Å². The van der Waals surface area contributed by atoms with E-state index in [4.69, 9.17) is 0 Å². The van der Waals surface area contributed by atoms with Crippen LogP contribution in [0.25, 0.3) is 11.1 Å². The van der Waals surface area contributed by atoms with Gasteiger partial charge in [-0.2, -0.15) is 0 Å². The fourth-order valence-corrected chi connectivity index (χ4v) is 4.81. The molecule has 5 heteroatoms. The molecule has 3 rings (SSSR count). The van der Waals surface area contributed by atoms with Crippen molar-refractivity contribution in [1.82, 2.24) is 0 Å². The van der Waals surface area contributed by atoms with Gasteiger partial charge < -0.3 is 0 Å². The van der Waals surface area contributed by atoms with Gasteiger partial charge >= 0.3 is 0 Å². The number of hydrogen-bond donors (Lipinski definition) is 0. The summed E-state index contributed by atoms with van der Waals surface area (Å²) in [5.74, 6) is -0.00362. The van der Waals surface area contributed by atoms with Crippen molar-refractivity contribution in [2.45, 2.75) is 30.6 Å². The highest BCUT2D eigenvalue weighted by Gasteiger charge is 2.25. The number of benzene rings is 2. The molecule has 0 bridgehead atoms. The Hall–Kier alpha value is -2.01. The van der Waals surface area contributed by atoms with E-state index in [0.717, 1.165) is 0 Å². The molecule has 0 radical (unpaired) electrons. The van der Waals surface area contributed by atoms with Gasteiger partial charge in [-0.3, -0.25) is 4.79 Å². The molecule has 2 aromatic rings. The van der Waals surface area contributed by atoms with E-state index >= 15 is 0 Å². The SMILES string of the molecule is O=C1CCC(CS(=O)(=O)c2ccc(-c3ccccc3F)cc2)CC1.